The monoisotopic (exact) mass is 424 g/mol. The maximum atomic E-state index is 12.3. The van der Waals surface area contributed by atoms with E-state index in [9.17, 15) is 9.59 Å². The molecule has 2 heterocycles. The quantitative estimate of drug-likeness (QED) is 0.424. The van der Waals surface area contributed by atoms with Crippen LogP contribution in [0.15, 0.2) is 53.2 Å². The number of hydrogen-bond acceptors (Lipinski definition) is 7. The van der Waals surface area contributed by atoms with Crippen molar-refractivity contribution in [3.05, 3.63) is 64.5 Å². The van der Waals surface area contributed by atoms with Crippen LogP contribution in [0.4, 0.5) is 15.8 Å². The number of methoxy groups -OCH3 is 1. The fourth-order valence-electron chi connectivity index (χ4n) is 2.75. The average Bonchev–Trinajstić information content (AvgIpc) is 3.37. The van der Waals surface area contributed by atoms with Gasteiger partial charge in [0.25, 0.3) is 11.8 Å². The maximum Gasteiger partial charge on any atom is 0.270 e. The molecule has 0 radical (unpaired) electrons. The van der Waals surface area contributed by atoms with Gasteiger partial charge in [-0.1, -0.05) is 23.5 Å². The summed E-state index contributed by atoms with van der Waals surface area (Å²) in [5, 5.41) is 12.2. The van der Waals surface area contributed by atoms with Crippen LogP contribution < -0.4 is 21.1 Å². The summed E-state index contributed by atoms with van der Waals surface area (Å²) >= 11 is 2.56. The topological polar surface area (TPSA) is 106 Å². The first-order chi connectivity index (χ1) is 14.0. The lowest BCUT2D eigenvalue weighted by molar-refractivity contribution is 0.0997. The number of nitrogens with two attached hydrogens (primary N) is 1. The fourth-order valence-corrected chi connectivity index (χ4v) is 4.27. The van der Waals surface area contributed by atoms with E-state index in [-0.39, 0.29) is 11.6 Å². The van der Waals surface area contributed by atoms with Gasteiger partial charge < -0.3 is 21.1 Å². The van der Waals surface area contributed by atoms with Crippen molar-refractivity contribution in [3.8, 4) is 5.75 Å². The Kier molecular flexibility index (Phi) is 5.15. The summed E-state index contributed by atoms with van der Waals surface area (Å²) in [6, 6.07) is 13.3. The van der Waals surface area contributed by atoms with Crippen molar-refractivity contribution >= 4 is 61.1 Å². The highest BCUT2D eigenvalue weighted by molar-refractivity contribution is 7.20. The Hall–Kier alpha value is -3.43. The Bertz CT molecular complexity index is 1200. The smallest absolute Gasteiger partial charge is 0.270 e. The molecule has 2 amide bonds. The molecule has 0 unspecified atom stereocenters. The predicted molar refractivity (Wildman–Crippen MR) is 117 cm³/mol. The molecule has 0 atom stereocenters. The molecule has 4 rings (SSSR count). The average molecular weight is 425 g/mol. The van der Waals surface area contributed by atoms with E-state index in [0.29, 0.717) is 15.7 Å². The molecule has 2 aromatic carbocycles. The van der Waals surface area contributed by atoms with Crippen LogP contribution in [0.25, 0.3) is 10.8 Å². The molecule has 0 bridgehead atoms. The summed E-state index contributed by atoms with van der Waals surface area (Å²) in [5.74, 6) is -0.266. The third kappa shape index (κ3) is 4.05. The van der Waals surface area contributed by atoms with Gasteiger partial charge in [-0.05, 0) is 46.5 Å². The second kappa shape index (κ2) is 7.90. The molecule has 4 N–H and O–H groups in total. The molecule has 9 heteroatoms. The fraction of sp³-hybridized carbons (Fsp3) is 0.0500. The number of aromatic nitrogens is 1. The van der Waals surface area contributed by atoms with Crippen molar-refractivity contribution in [2.75, 3.05) is 17.7 Å². The molecule has 0 saturated carbocycles. The van der Waals surface area contributed by atoms with Gasteiger partial charge in [0.15, 0.2) is 10.8 Å². The molecule has 0 aliphatic heterocycles. The zero-order valence-electron chi connectivity index (χ0n) is 15.3. The van der Waals surface area contributed by atoms with Crippen molar-refractivity contribution in [1.82, 2.24) is 4.98 Å². The Morgan fingerprint density at radius 1 is 1.10 bits per heavy atom. The number of carbonyl (C=O) groups is 2. The van der Waals surface area contributed by atoms with Crippen LogP contribution in [0.5, 0.6) is 5.75 Å². The Labute approximate surface area is 174 Å². The first-order valence-electron chi connectivity index (χ1n) is 8.52. The first kappa shape index (κ1) is 18.9. The van der Waals surface area contributed by atoms with E-state index in [1.165, 1.54) is 11.3 Å². The van der Waals surface area contributed by atoms with E-state index >= 15 is 0 Å². The van der Waals surface area contributed by atoms with Crippen LogP contribution in [0.2, 0.25) is 0 Å². The second-order valence-electron chi connectivity index (χ2n) is 6.08. The van der Waals surface area contributed by atoms with Crippen molar-refractivity contribution in [2.24, 2.45) is 5.73 Å². The zero-order chi connectivity index (χ0) is 20.4. The Morgan fingerprint density at radius 2 is 1.93 bits per heavy atom. The highest BCUT2D eigenvalue weighted by Gasteiger charge is 2.19. The van der Waals surface area contributed by atoms with E-state index in [0.717, 1.165) is 33.5 Å². The van der Waals surface area contributed by atoms with Gasteiger partial charge >= 0.3 is 0 Å². The summed E-state index contributed by atoms with van der Waals surface area (Å²) in [7, 11) is 1.62. The number of benzene rings is 2. The molecule has 2 aromatic heterocycles. The number of amides is 2. The van der Waals surface area contributed by atoms with Gasteiger partial charge in [0.2, 0.25) is 0 Å². The molecule has 0 fully saturated rings. The molecule has 4 aromatic rings. The number of thiazole rings is 1. The van der Waals surface area contributed by atoms with E-state index in [2.05, 4.69) is 15.6 Å². The number of nitrogens with one attached hydrogen (secondary N) is 2. The zero-order valence-corrected chi connectivity index (χ0v) is 16.9. The Morgan fingerprint density at radius 3 is 2.66 bits per heavy atom. The van der Waals surface area contributed by atoms with Crippen LogP contribution in [-0.4, -0.2) is 23.9 Å². The number of nitrogens with zero attached hydrogens (tertiary/aromatic N) is 1. The van der Waals surface area contributed by atoms with Crippen molar-refractivity contribution in [3.63, 3.8) is 0 Å². The third-order valence-corrected chi connectivity index (χ3v) is 5.74. The molecule has 0 aliphatic rings. The van der Waals surface area contributed by atoms with E-state index in [1.807, 2.05) is 36.4 Å². The number of ether oxygens (including phenoxy) is 1. The van der Waals surface area contributed by atoms with E-state index < -0.39 is 5.91 Å². The highest BCUT2D eigenvalue weighted by atomic mass is 32.1. The Balaban J connectivity index is 1.61. The minimum atomic E-state index is -0.710. The lowest BCUT2D eigenvalue weighted by Crippen LogP contribution is -2.17. The van der Waals surface area contributed by atoms with Gasteiger partial charge in [0.1, 0.15) is 10.8 Å². The predicted octanol–water partition coefficient (Wildman–Crippen LogP) is 4.46. The van der Waals surface area contributed by atoms with Gasteiger partial charge in [-0.3, -0.25) is 9.59 Å². The number of hydrogen-bond donors (Lipinski definition) is 3. The molecule has 0 aliphatic carbocycles. The lowest BCUT2D eigenvalue weighted by atomic mass is 10.1. The first-order valence-corrected chi connectivity index (χ1v) is 10.3. The summed E-state index contributed by atoms with van der Waals surface area (Å²) in [4.78, 5) is 28.3. The number of anilines is 3. The molecule has 7 nitrogen and oxygen atoms in total. The lowest BCUT2D eigenvalue weighted by Gasteiger charge is -2.06. The standard InChI is InChI=1S/C20H16N4O3S2/c1-27-15-5-3-11-2-4-14(8-13(11)9-15)22-20-23-16(17(21)25)19(29-20)24-18(26)12-6-7-28-10-12/h2-10H,1H3,(H2,21,25)(H,22,23)(H,24,26). The summed E-state index contributed by atoms with van der Waals surface area (Å²) in [6.07, 6.45) is 0. The summed E-state index contributed by atoms with van der Waals surface area (Å²) < 4.78 is 5.27. The normalized spacial score (nSPS) is 10.7. The van der Waals surface area contributed by atoms with E-state index in [4.69, 9.17) is 10.5 Å². The third-order valence-electron chi connectivity index (χ3n) is 4.17. The molecular weight excluding hydrogens is 408 g/mol. The minimum Gasteiger partial charge on any atom is -0.497 e. The molecule has 0 saturated heterocycles. The second-order valence-corrected chi connectivity index (χ2v) is 7.86. The molecule has 29 heavy (non-hydrogen) atoms. The SMILES string of the molecule is COc1ccc2ccc(Nc3nc(C(N)=O)c(NC(=O)c4ccsc4)s3)cc2c1. The van der Waals surface area contributed by atoms with Gasteiger partial charge in [-0.15, -0.1) is 0 Å². The van der Waals surface area contributed by atoms with Crippen molar-refractivity contribution in [1.29, 1.82) is 0 Å². The largest absolute Gasteiger partial charge is 0.497 e. The van der Waals surface area contributed by atoms with Crippen LogP contribution in [0.3, 0.4) is 0 Å². The van der Waals surface area contributed by atoms with E-state index in [1.54, 1.807) is 23.9 Å². The number of rotatable bonds is 6. The number of carbonyl (C=O) groups excluding carboxylic acids is 2. The molecule has 146 valence electrons. The van der Waals surface area contributed by atoms with Crippen LogP contribution in [0.1, 0.15) is 20.8 Å². The van der Waals surface area contributed by atoms with Crippen LogP contribution in [0, 0.1) is 0 Å². The number of thiophene rings is 1. The van der Waals surface area contributed by atoms with Crippen LogP contribution in [-0.2, 0) is 0 Å². The summed E-state index contributed by atoms with van der Waals surface area (Å²) in [6.45, 7) is 0. The van der Waals surface area contributed by atoms with Gasteiger partial charge in [-0.2, -0.15) is 11.3 Å². The minimum absolute atomic E-state index is 0.0172. The number of fused-ring (bicyclic) bond motifs is 1. The maximum absolute atomic E-state index is 12.3. The van der Waals surface area contributed by atoms with Crippen LogP contribution >= 0.6 is 22.7 Å². The van der Waals surface area contributed by atoms with Gasteiger partial charge in [0.05, 0.1) is 12.7 Å². The molecular formula is C20H16N4O3S2. The molecule has 0 spiro atoms. The summed E-state index contributed by atoms with van der Waals surface area (Å²) in [5.41, 5.74) is 6.75. The van der Waals surface area contributed by atoms with Gasteiger partial charge in [-0.25, -0.2) is 4.98 Å². The number of primary amides is 1. The highest BCUT2D eigenvalue weighted by Crippen LogP contribution is 2.32. The van der Waals surface area contributed by atoms with Gasteiger partial charge in [0, 0.05) is 11.1 Å². The van der Waals surface area contributed by atoms with Crippen molar-refractivity contribution < 1.29 is 14.3 Å². The van der Waals surface area contributed by atoms with Crippen molar-refractivity contribution in [2.45, 2.75) is 0 Å².